The minimum absolute atomic E-state index is 0.0645. The minimum Gasteiger partial charge on any atom is -0.490 e. The Morgan fingerprint density at radius 3 is 2.80 bits per heavy atom. The molecule has 0 aliphatic carbocycles. The Kier molecular flexibility index (Phi) is 8.31. The van der Waals surface area contributed by atoms with Crippen LogP contribution in [0.25, 0.3) is 0 Å². The second kappa shape index (κ2) is 10.5. The van der Waals surface area contributed by atoms with Crippen molar-refractivity contribution >= 4 is 17.6 Å². The highest BCUT2D eigenvalue weighted by atomic mass is 35.5. The average Bonchev–Trinajstić information content (AvgIpc) is 2.65. The summed E-state index contributed by atoms with van der Waals surface area (Å²) in [5, 5.41) is 3.59. The number of amides is 2. The lowest BCUT2D eigenvalue weighted by molar-refractivity contribution is 0.0206. The summed E-state index contributed by atoms with van der Waals surface area (Å²) in [6.07, 6.45) is 0. The van der Waals surface area contributed by atoms with E-state index in [-0.39, 0.29) is 6.03 Å². The molecule has 1 N–H and O–H groups in total. The topological polar surface area (TPSA) is 54.0 Å². The number of carbonyl (C=O) groups is 1. The smallest absolute Gasteiger partial charge is 0.317 e. The van der Waals surface area contributed by atoms with Crippen molar-refractivity contribution in [1.82, 2.24) is 15.1 Å². The van der Waals surface area contributed by atoms with Crippen LogP contribution < -0.4 is 10.1 Å². The van der Waals surface area contributed by atoms with Gasteiger partial charge in [0.05, 0.1) is 24.8 Å². The van der Waals surface area contributed by atoms with Gasteiger partial charge in [-0.15, -0.1) is 0 Å². The van der Waals surface area contributed by atoms with Gasteiger partial charge in [-0.25, -0.2) is 4.79 Å². The Balaban J connectivity index is 1.71. The zero-order valence-electron chi connectivity index (χ0n) is 15.0. The Morgan fingerprint density at radius 2 is 2.12 bits per heavy atom. The number of benzene rings is 1. The van der Waals surface area contributed by atoms with E-state index in [0.29, 0.717) is 43.1 Å². The number of hydrogen-bond acceptors (Lipinski definition) is 4. The summed E-state index contributed by atoms with van der Waals surface area (Å²) in [6.45, 7) is 9.62. The second-order valence-corrected chi connectivity index (χ2v) is 6.45. The zero-order chi connectivity index (χ0) is 18.1. The van der Waals surface area contributed by atoms with E-state index in [9.17, 15) is 4.79 Å². The number of hydrogen-bond donors (Lipinski definition) is 1. The van der Waals surface area contributed by atoms with Gasteiger partial charge in [-0.1, -0.05) is 23.7 Å². The van der Waals surface area contributed by atoms with Gasteiger partial charge in [-0.05, 0) is 26.0 Å². The number of morpholine rings is 1. The first-order valence-electron chi connectivity index (χ1n) is 8.83. The summed E-state index contributed by atoms with van der Waals surface area (Å²) in [4.78, 5) is 16.4. The standard InChI is InChI=1S/C18H28ClN3O3/c1-3-21(10-13-25-17-7-5-4-6-16(17)19)18(23)20-14-15(2)22-8-11-24-12-9-22/h4-7,15H,3,8-14H2,1-2H3,(H,20,23). The molecule has 0 bridgehead atoms. The maximum absolute atomic E-state index is 12.4. The lowest BCUT2D eigenvalue weighted by Gasteiger charge is -2.32. The van der Waals surface area contributed by atoms with Gasteiger partial charge in [0.25, 0.3) is 0 Å². The Morgan fingerprint density at radius 1 is 1.40 bits per heavy atom. The third-order valence-corrected chi connectivity index (χ3v) is 4.65. The van der Waals surface area contributed by atoms with Crippen molar-refractivity contribution in [2.75, 3.05) is 52.5 Å². The van der Waals surface area contributed by atoms with Crippen LogP contribution in [0.2, 0.25) is 5.02 Å². The van der Waals surface area contributed by atoms with Crippen LogP contribution in [0.4, 0.5) is 4.79 Å². The molecule has 1 heterocycles. The van der Waals surface area contributed by atoms with Crippen molar-refractivity contribution in [2.24, 2.45) is 0 Å². The average molecular weight is 370 g/mol. The number of urea groups is 1. The quantitative estimate of drug-likeness (QED) is 0.764. The predicted octanol–water partition coefficient (Wildman–Crippen LogP) is 2.47. The van der Waals surface area contributed by atoms with Crippen LogP contribution in [0.5, 0.6) is 5.75 Å². The van der Waals surface area contributed by atoms with E-state index in [1.165, 1.54) is 0 Å². The first kappa shape index (κ1) is 19.8. The van der Waals surface area contributed by atoms with Gasteiger partial charge in [-0.2, -0.15) is 0 Å². The molecule has 2 rings (SSSR count). The van der Waals surface area contributed by atoms with E-state index in [4.69, 9.17) is 21.1 Å². The highest BCUT2D eigenvalue weighted by Crippen LogP contribution is 2.22. The molecule has 2 amide bonds. The molecule has 0 spiro atoms. The van der Waals surface area contributed by atoms with Crippen molar-refractivity contribution in [3.8, 4) is 5.75 Å². The van der Waals surface area contributed by atoms with E-state index in [1.807, 2.05) is 25.1 Å². The fraction of sp³-hybridized carbons (Fsp3) is 0.611. The predicted molar refractivity (Wildman–Crippen MR) is 99.4 cm³/mol. The van der Waals surface area contributed by atoms with Gasteiger partial charge in [-0.3, -0.25) is 4.90 Å². The Hall–Kier alpha value is -1.50. The molecule has 1 saturated heterocycles. The molecule has 7 heteroatoms. The molecule has 1 aliphatic heterocycles. The number of para-hydroxylation sites is 1. The molecular formula is C18H28ClN3O3. The zero-order valence-corrected chi connectivity index (χ0v) is 15.8. The molecule has 6 nitrogen and oxygen atoms in total. The van der Waals surface area contributed by atoms with Crippen LogP contribution in [-0.2, 0) is 4.74 Å². The van der Waals surface area contributed by atoms with Crippen LogP contribution in [0.15, 0.2) is 24.3 Å². The first-order chi connectivity index (χ1) is 12.1. The van der Waals surface area contributed by atoms with Crippen LogP contribution in [0.3, 0.4) is 0 Å². The summed E-state index contributed by atoms with van der Waals surface area (Å²) in [7, 11) is 0. The highest BCUT2D eigenvalue weighted by molar-refractivity contribution is 6.32. The van der Waals surface area contributed by atoms with E-state index in [1.54, 1.807) is 11.0 Å². The SMILES string of the molecule is CCN(CCOc1ccccc1Cl)C(=O)NCC(C)N1CCOCC1. The number of rotatable bonds is 8. The van der Waals surface area contributed by atoms with Crippen molar-refractivity contribution in [3.63, 3.8) is 0 Å². The van der Waals surface area contributed by atoms with Gasteiger partial charge >= 0.3 is 6.03 Å². The summed E-state index contributed by atoms with van der Waals surface area (Å²) in [5.74, 6) is 0.640. The highest BCUT2D eigenvalue weighted by Gasteiger charge is 2.19. The van der Waals surface area contributed by atoms with Crippen molar-refractivity contribution in [2.45, 2.75) is 19.9 Å². The summed E-state index contributed by atoms with van der Waals surface area (Å²) in [6, 6.07) is 7.57. The van der Waals surface area contributed by atoms with Gasteiger partial charge in [0.1, 0.15) is 12.4 Å². The van der Waals surface area contributed by atoms with Gasteiger partial charge in [0.2, 0.25) is 0 Å². The van der Waals surface area contributed by atoms with Gasteiger partial charge in [0, 0.05) is 32.2 Å². The maximum atomic E-state index is 12.4. The third-order valence-electron chi connectivity index (χ3n) is 4.34. The molecule has 1 fully saturated rings. The van der Waals surface area contributed by atoms with Crippen LogP contribution in [0.1, 0.15) is 13.8 Å². The molecule has 0 aromatic heterocycles. The molecule has 0 radical (unpaired) electrons. The second-order valence-electron chi connectivity index (χ2n) is 6.04. The fourth-order valence-corrected chi connectivity index (χ4v) is 2.92. The van der Waals surface area contributed by atoms with E-state index in [0.717, 1.165) is 26.3 Å². The number of halogens is 1. The Bertz CT molecular complexity index is 538. The molecule has 1 atom stereocenters. The Labute approximate surface area is 155 Å². The number of ether oxygens (including phenoxy) is 2. The normalized spacial score (nSPS) is 16.3. The van der Waals surface area contributed by atoms with Crippen molar-refractivity contribution < 1.29 is 14.3 Å². The molecule has 1 aromatic carbocycles. The van der Waals surface area contributed by atoms with E-state index >= 15 is 0 Å². The molecule has 1 unspecified atom stereocenters. The van der Waals surface area contributed by atoms with Gasteiger partial charge in [0.15, 0.2) is 0 Å². The first-order valence-corrected chi connectivity index (χ1v) is 9.21. The van der Waals surface area contributed by atoms with Crippen molar-refractivity contribution in [1.29, 1.82) is 0 Å². The third kappa shape index (κ3) is 6.38. The summed E-state index contributed by atoms with van der Waals surface area (Å²) in [5.41, 5.74) is 0. The van der Waals surface area contributed by atoms with Crippen LogP contribution in [0, 0.1) is 0 Å². The summed E-state index contributed by atoms with van der Waals surface area (Å²) < 4.78 is 11.0. The largest absolute Gasteiger partial charge is 0.490 e. The molecule has 0 saturated carbocycles. The fourth-order valence-electron chi connectivity index (χ4n) is 2.73. The van der Waals surface area contributed by atoms with Crippen LogP contribution >= 0.6 is 11.6 Å². The molecule has 140 valence electrons. The minimum atomic E-state index is -0.0645. The molecule has 1 aliphatic rings. The monoisotopic (exact) mass is 369 g/mol. The maximum Gasteiger partial charge on any atom is 0.317 e. The lowest BCUT2D eigenvalue weighted by atomic mass is 10.2. The van der Waals surface area contributed by atoms with E-state index < -0.39 is 0 Å². The lowest BCUT2D eigenvalue weighted by Crippen LogP contribution is -2.50. The van der Waals surface area contributed by atoms with Crippen molar-refractivity contribution in [3.05, 3.63) is 29.3 Å². The molecule has 25 heavy (non-hydrogen) atoms. The number of likely N-dealkylation sites (N-methyl/N-ethyl adjacent to an activating group) is 1. The number of nitrogens with one attached hydrogen (secondary N) is 1. The summed E-state index contributed by atoms with van der Waals surface area (Å²) >= 11 is 6.06. The molecular weight excluding hydrogens is 342 g/mol. The number of nitrogens with zero attached hydrogens (tertiary/aromatic N) is 2. The number of carbonyl (C=O) groups excluding carboxylic acids is 1. The van der Waals surface area contributed by atoms with E-state index in [2.05, 4.69) is 17.1 Å². The van der Waals surface area contributed by atoms with Gasteiger partial charge < -0.3 is 19.7 Å². The van der Waals surface area contributed by atoms with Crippen LogP contribution in [-0.4, -0.2) is 74.4 Å². The molecule has 1 aromatic rings.